The summed E-state index contributed by atoms with van der Waals surface area (Å²) in [6.45, 7) is 3.78. The second-order valence-corrected chi connectivity index (χ2v) is 8.68. The van der Waals surface area contributed by atoms with E-state index in [1.54, 1.807) is 49.8 Å². The molecule has 7 nitrogen and oxygen atoms in total. The van der Waals surface area contributed by atoms with Crippen molar-refractivity contribution in [2.24, 2.45) is 7.05 Å². The largest absolute Gasteiger partial charge is 0.486 e. The van der Waals surface area contributed by atoms with Crippen LogP contribution in [0.1, 0.15) is 26.1 Å². The SMILES string of the molecule is Cc1nc(COc2ccc(Cl)cc2)sc1C(=O)Nc1c(C)n(C)n(-c2ccccc2)c1=O. The van der Waals surface area contributed by atoms with Crippen LogP contribution in [0.5, 0.6) is 5.75 Å². The van der Waals surface area contributed by atoms with E-state index < -0.39 is 0 Å². The normalized spacial score (nSPS) is 10.9. The van der Waals surface area contributed by atoms with Crippen molar-refractivity contribution in [3.8, 4) is 11.4 Å². The molecule has 164 valence electrons. The van der Waals surface area contributed by atoms with Crippen LogP contribution in [0.3, 0.4) is 0 Å². The van der Waals surface area contributed by atoms with Crippen molar-refractivity contribution in [1.82, 2.24) is 14.3 Å². The van der Waals surface area contributed by atoms with Crippen LogP contribution in [0, 0.1) is 13.8 Å². The number of carbonyl (C=O) groups excluding carboxylic acids is 1. The number of benzene rings is 2. The number of para-hydroxylation sites is 1. The summed E-state index contributed by atoms with van der Waals surface area (Å²) in [4.78, 5) is 30.9. The molecule has 1 amide bonds. The Bertz CT molecular complexity index is 1320. The Hall–Kier alpha value is -3.36. The molecule has 0 radical (unpaired) electrons. The van der Waals surface area contributed by atoms with Crippen molar-refractivity contribution < 1.29 is 9.53 Å². The average Bonchev–Trinajstić information content (AvgIpc) is 3.26. The lowest BCUT2D eigenvalue weighted by Crippen LogP contribution is -2.22. The number of hydrogen-bond donors (Lipinski definition) is 1. The van der Waals surface area contributed by atoms with Crippen LogP contribution in [-0.4, -0.2) is 20.3 Å². The van der Waals surface area contributed by atoms with Crippen LogP contribution in [-0.2, 0) is 13.7 Å². The third-order valence-electron chi connectivity index (χ3n) is 5.02. The summed E-state index contributed by atoms with van der Waals surface area (Å²) in [5.74, 6) is 0.290. The lowest BCUT2D eigenvalue weighted by Gasteiger charge is -2.07. The number of carbonyl (C=O) groups is 1. The summed E-state index contributed by atoms with van der Waals surface area (Å²) in [7, 11) is 1.78. The van der Waals surface area contributed by atoms with E-state index in [0.717, 1.165) is 5.69 Å². The molecule has 0 saturated carbocycles. The van der Waals surface area contributed by atoms with Gasteiger partial charge in [0.15, 0.2) is 0 Å². The minimum Gasteiger partial charge on any atom is -0.486 e. The lowest BCUT2D eigenvalue weighted by molar-refractivity contribution is 0.102. The van der Waals surface area contributed by atoms with E-state index >= 15 is 0 Å². The summed E-state index contributed by atoms with van der Waals surface area (Å²) < 4.78 is 8.96. The summed E-state index contributed by atoms with van der Waals surface area (Å²) in [6, 6.07) is 16.3. The number of nitrogens with zero attached hydrogens (tertiary/aromatic N) is 3. The molecule has 0 aliphatic heterocycles. The quantitative estimate of drug-likeness (QED) is 0.443. The molecule has 0 atom stereocenters. The smallest absolute Gasteiger partial charge is 0.295 e. The zero-order valence-corrected chi connectivity index (χ0v) is 19.3. The average molecular weight is 469 g/mol. The van der Waals surface area contributed by atoms with E-state index in [9.17, 15) is 9.59 Å². The zero-order valence-electron chi connectivity index (χ0n) is 17.8. The number of rotatable bonds is 6. The Morgan fingerprint density at radius 1 is 1.12 bits per heavy atom. The van der Waals surface area contributed by atoms with E-state index in [1.807, 2.05) is 30.3 Å². The number of aromatic nitrogens is 3. The maximum absolute atomic E-state index is 13.0. The van der Waals surface area contributed by atoms with Gasteiger partial charge in [0.25, 0.3) is 11.5 Å². The monoisotopic (exact) mass is 468 g/mol. The standard InChI is InChI=1S/C23H21ClN4O3S/c1-14-21(32-19(25-14)13-31-18-11-9-16(24)10-12-18)22(29)26-20-15(2)27(3)28(23(20)30)17-7-5-4-6-8-17/h4-12H,13H2,1-3H3,(H,26,29). The van der Waals surface area contributed by atoms with Crippen LogP contribution in [0.25, 0.3) is 5.69 Å². The molecule has 2 heterocycles. The molecule has 0 unspecified atom stereocenters. The Labute approximate surface area is 193 Å². The fraction of sp³-hybridized carbons (Fsp3) is 0.174. The first kappa shape index (κ1) is 21.9. The number of nitrogens with one attached hydrogen (secondary N) is 1. The van der Waals surface area contributed by atoms with E-state index in [2.05, 4.69) is 10.3 Å². The zero-order chi connectivity index (χ0) is 22.8. The third kappa shape index (κ3) is 4.32. The van der Waals surface area contributed by atoms with Crippen LogP contribution >= 0.6 is 22.9 Å². The molecule has 2 aromatic carbocycles. The number of aryl methyl sites for hydroxylation is 1. The number of thiazole rings is 1. The van der Waals surface area contributed by atoms with Crippen molar-refractivity contribution in [2.75, 3.05) is 5.32 Å². The molecule has 2 aromatic heterocycles. The van der Waals surface area contributed by atoms with Gasteiger partial charge in [-0.3, -0.25) is 14.3 Å². The topological polar surface area (TPSA) is 78.2 Å². The predicted molar refractivity (Wildman–Crippen MR) is 126 cm³/mol. The van der Waals surface area contributed by atoms with Crippen molar-refractivity contribution in [2.45, 2.75) is 20.5 Å². The number of hydrogen-bond acceptors (Lipinski definition) is 5. The van der Waals surface area contributed by atoms with Gasteiger partial charge in [0.1, 0.15) is 27.9 Å². The lowest BCUT2D eigenvalue weighted by atomic mass is 10.3. The van der Waals surface area contributed by atoms with Crippen molar-refractivity contribution in [3.05, 3.63) is 91.2 Å². The summed E-state index contributed by atoms with van der Waals surface area (Å²) in [6.07, 6.45) is 0. The van der Waals surface area contributed by atoms with Gasteiger partial charge in [-0.2, -0.15) is 0 Å². The van der Waals surface area contributed by atoms with Crippen LogP contribution in [0.2, 0.25) is 5.02 Å². The number of halogens is 1. The molecular weight excluding hydrogens is 448 g/mol. The molecule has 0 saturated heterocycles. The maximum atomic E-state index is 13.0. The van der Waals surface area contributed by atoms with Gasteiger partial charge in [0, 0.05) is 12.1 Å². The first-order chi connectivity index (χ1) is 15.3. The first-order valence-corrected chi connectivity index (χ1v) is 11.0. The van der Waals surface area contributed by atoms with E-state index in [4.69, 9.17) is 16.3 Å². The molecule has 0 aliphatic rings. The van der Waals surface area contributed by atoms with Gasteiger partial charge < -0.3 is 10.1 Å². The molecule has 0 aliphatic carbocycles. The Morgan fingerprint density at radius 3 is 2.50 bits per heavy atom. The highest BCUT2D eigenvalue weighted by Gasteiger charge is 2.21. The molecule has 1 N–H and O–H groups in total. The molecular formula is C23H21ClN4O3S. The second kappa shape index (κ2) is 9.02. The van der Waals surface area contributed by atoms with Gasteiger partial charge in [0.2, 0.25) is 0 Å². The fourth-order valence-corrected chi connectivity index (χ4v) is 4.28. The summed E-state index contributed by atoms with van der Waals surface area (Å²) in [5, 5.41) is 4.07. The van der Waals surface area contributed by atoms with E-state index in [-0.39, 0.29) is 23.8 Å². The summed E-state index contributed by atoms with van der Waals surface area (Å²) >= 11 is 7.13. The van der Waals surface area contributed by atoms with Gasteiger partial charge in [-0.05, 0) is 50.2 Å². The first-order valence-electron chi connectivity index (χ1n) is 9.85. The Kier molecular flexibility index (Phi) is 6.16. The van der Waals surface area contributed by atoms with Gasteiger partial charge in [0.05, 0.1) is 17.1 Å². The number of anilines is 1. The predicted octanol–water partition coefficient (Wildman–Crippen LogP) is 4.73. The third-order valence-corrected chi connectivity index (χ3v) is 6.40. The molecule has 4 aromatic rings. The maximum Gasteiger partial charge on any atom is 0.295 e. The van der Waals surface area contributed by atoms with Gasteiger partial charge in [-0.1, -0.05) is 29.8 Å². The molecule has 9 heteroatoms. The Morgan fingerprint density at radius 2 is 1.81 bits per heavy atom. The molecule has 0 spiro atoms. The fourth-order valence-electron chi connectivity index (χ4n) is 3.28. The highest BCUT2D eigenvalue weighted by Crippen LogP contribution is 2.23. The Balaban J connectivity index is 1.53. The minimum absolute atomic E-state index is 0.228. The summed E-state index contributed by atoms with van der Waals surface area (Å²) in [5.41, 5.74) is 1.91. The van der Waals surface area contributed by atoms with E-state index in [0.29, 0.717) is 32.0 Å². The minimum atomic E-state index is -0.372. The van der Waals surface area contributed by atoms with E-state index in [1.165, 1.54) is 16.0 Å². The van der Waals surface area contributed by atoms with Crippen molar-refractivity contribution in [1.29, 1.82) is 0 Å². The van der Waals surface area contributed by atoms with Crippen LogP contribution < -0.4 is 15.6 Å². The van der Waals surface area contributed by atoms with Gasteiger partial charge in [-0.25, -0.2) is 9.67 Å². The molecule has 32 heavy (non-hydrogen) atoms. The van der Waals surface area contributed by atoms with Crippen molar-refractivity contribution in [3.63, 3.8) is 0 Å². The van der Waals surface area contributed by atoms with Gasteiger partial charge in [-0.15, -0.1) is 11.3 Å². The van der Waals surface area contributed by atoms with Crippen LogP contribution in [0.4, 0.5) is 5.69 Å². The number of ether oxygens (including phenoxy) is 1. The second-order valence-electron chi connectivity index (χ2n) is 7.16. The molecule has 0 fully saturated rings. The number of amides is 1. The van der Waals surface area contributed by atoms with Gasteiger partial charge >= 0.3 is 0 Å². The highest BCUT2D eigenvalue weighted by atomic mass is 35.5. The highest BCUT2D eigenvalue weighted by molar-refractivity contribution is 7.13. The van der Waals surface area contributed by atoms with Crippen molar-refractivity contribution >= 4 is 34.5 Å². The molecule has 0 bridgehead atoms. The molecule has 4 rings (SSSR count). The van der Waals surface area contributed by atoms with Crippen LogP contribution in [0.15, 0.2) is 59.4 Å².